The molecule has 1 heterocycles. The van der Waals surface area contributed by atoms with E-state index in [0.717, 1.165) is 17.7 Å². The molecule has 1 aromatic rings. The van der Waals surface area contributed by atoms with E-state index >= 15 is 0 Å². The van der Waals surface area contributed by atoms with Crippen LogP contribution in [0.5, 0.6) is 0 Å². The van der Waals surface area contributed by atoms with Crippen LogP contribution in [0, 0.1) is 0 Å². The summed E-state index contributed by atoms with van der Waals surface area (Å²) in [6.07, 6.45) is 1.12. The Bertz CT molecular complexity index is 421. The lowest BCUT2D eigenvalue weighted by Gasteiger charge is -2.20. The number of rotatable bonds is 4. The molecule has 1 unspecified atom stereocenters. The zero-order valence-corrected chi connectivity index (χ0v) is 9.72. The van der Waals surface area contributed by atoms with Crippen molar-refractivity contribution < 1.29 is 14.7 Å². The molecule has 0 spiro atoms. The van der Waals surface area contributed by atoms with Crippen LogP contribution in [0.15, 0.2) is 24.3 Å². The highest BCUT2D eigenvalue weighted by Gasteiger charge is 2.38. The van der Waals surface area contributed by atoms with Gasteiger partial charge in [0, 0.05) is 0 Å². The van der Waals surface area contributed by atoms with Gasteiger partial charge in [0.2, 0.25) is 0 Å². The van der Waals surface area contributed by atoms with Gasteiger partial charge in [0.25, 0.3) is 11.8 Å². The Morgan fingerprint density at radius 1 is 1.18 bits per heavy atom. The van der Waals surface area contributed by atoms with E-state index in [1.54, 1.807) is 24.3 Å². The summed E-state index contributed by atoms with van der Waals surface area (Å²) in [5.74, 6) is -0.789. The van der Waals surface area contributed by atoms with E-state index in [4.69, 9.17) is 0 Å². The molecule has 1 aliphatic heterocycles. The molecule has 0 aromatic heterocycles. The molecule has 1 aliphatic rings. The van der Waals surface area contributed by atoms with Crippen molar-refractivity contribution in [1.29, 1.82) is 0 Å². The molecule has 4 heteroatoms. The summed E-state index contributed by atoms with van der Waals surface area (Å²) in [5, 5.41) is 9.88. The van der Waals surface area contributed by atoms with E-state index in [-0.39, 0.29) is 0 Å². The third-order valence-electron chi connectivity index (χ3n) is 2.94. The molecule has 0 aliphatic carbocycles. The van der Waals surface area contributed by atoms with Gasteiger partial charge in [-0.1, -0.05) is 25.5 Å². The quantitative estimate of drug-likeness (QED) is 0.806. The first-order valence-electron chi connectivity index (χ1n) is 5.81. The van der Waals surface area contributed by atoms with Crippen LogP contribution in [-0.2, 0) is 0 Å². The standard InChI is InChI=1S/C13H15NO3/c1-2-3-8-11(15)14-12(16)9-6-4-5-7-10(9)13(14)17/h4-7,11,15H,2-3,8H2,1H3. The van der Waals surface area contributed by atoms with Gasteiger partial charge in [-0.2, -0.15) is 0 Å². The molecular weight excluding hydrogens is 218 g/mol. The minimum atomic E-state index is -1.01. The van der Waals surface area contributed by atoms with Gasteiger partial charge in [-0.3, -0.25) is 9.59 Å². The molecule has 1 aromatic carbocycles. The maximum absolute atomic E-state index is 12.0. The lowest BCUT2D eigenvalue weighted by Crippen LogP contribution is -2.39. The third-order valence-corrected chi connectivity index (χ3v) is 2.94. The minimum Gasteiger partial charge on any atom is -0.373 e. The van der Waals surface area contributed by atoms with Crippen molar-refractivity contribution in [1.82, 2.24) is 4.90 Å². The second kappa shape index (κ2) is 4.67. The van der Waals surface area contributed by atoms with Gasteiger partial charge >= 0.3 is 0 Å². The molecule has 0 fully saturated rings. The second-order valence-corrected chi connectivity index (χ2v) is 4.15. The van der Waals surface area contributed by atoms with Crippen LogP contribution in [-0.4, -0.2) is 28.0 Å². The second-order valence-electron chi connectivity index (χ2n) is 4.15. The van der Waals surface area contributed by atoms with Crippen molar-refractivity contribution >= 4 is 11.8 Å². The number of carbonyl (C=O) groups is 2. The number of unbranched alkanes of at least 4 members (excludes halogenated alkanes) is 1. The van der Waals surface area contributed by atoms with E-state index in [9.17, 15) is 14.7 Å². The van der Waals surface area contributed by atoms with Gasteiger partial charge in [-0.05, 0) is 25.0 Å². The van der Waals surface area contributed by atoms with Gasteiger partial charge in [-0.25, -0.2) is 4.90 Å². The molecule has 0 saturated heterocycles. The number of amides is 2. The average Bonchev–Trinajstić information content (AvgIpc) is 2.60. The van der Waals surface area contributed by atoms with Crippen LogP contribution in [0.1, 0.15) is 46.9 Å². The Labute approximate surface area is 99.9 Å². The van der Waals surface area contributed by atoms with E-state index in [2.05, 4.69) is 0 Å². The number of aliphatic hydroxyl groups excluding tert-OH is 1. The van der Waals surface area contributed by atoms with E-state index in [1.165, 1.54) is 0 Å². The van der Waals surface area contributed by atoms with E-state index in [1.807, 2.05) is 6.92 Å². The van der Waals surface area contributed by atoms with Crippen molar-refractivity contribution in [3.05, 3.63) is 35.4 Å². The Morgan fingerprint density at radius 2 is 1.71 bits per heavy atom. The fourth-order valence-electron chi connectivity index (χ4n) is 1.99. The highest BCUT2D eigenvalue weighted by Crippen LogP contribution is 2.25. The zero-order valence-electron chi connectivity index (χ0n) is 9.72. The molecule has 2 amide bonds. The van der Waals surface area contributed by atoms with Gasteiger partial charge in [0.05, 0.1) is 11.1 Å². The van der Waals surface area contributed by atoms with Crippen molar-refractivity contribution in [2.24, 2.45) is 0 Å². The van der Waals surface area contributed by atoms with Crippen molar-refractivity contribution in [2.75, 3.05) is 0 Å². The van der Waals surface area contributed by atoms with Crippen molar-refractivity contribution in [3.63, 3.8) is 0 Å². The van der Waals surface area contributed by atoms with Gasteiger partial charge in [0.15, 0.2) is 0 Å². The Morgan fingerprint density at radius 3 is 2.18 bits per heavy atom. The van der Waals surface area contributed by atoms with Gasteiger partial charge < -0.3 is 5.11 Å². The number of aliphatic hydroxyl groups is 1. The Hall–Kier alpha value is -1.68. The minimum absolute atomic E-state index is 0.382. The Balaban J connectivity index is 2.24. The Kier molecular flexibility index (Phi) is 3.24. The van der Waals surface area contributed by atoms with E-state index < -0.39 is 18.0 Å². The predicted molar refractivity (Wildman–Crippen MR) is 62.5 cm³/mol. The summed E-state index contributed by atoms with van der Waals surface area (Å²) >= 11 is 0. The maximum Gasteiger partial charge on any atom is 0.263 e. The fraction of sp³-hybridized carbons (Fsp3) is 0.385. The molecule has 17 heavy (non-hydrogen) atoms. The lowest BCUT2D eigenvalue weighted by molar-refractivity contribution is 0.00981. The summed E-state index contributed by atoms with van der Waals surface area (Å²) in [7, 11) is 0. The summed E-state index contributed by atoms with van der Waals surface area (Å²) in [6.45, 7) is 2.00. The molecule has 0 radical (unpaired) electrons. The maximum atomic E-state index is 12.0. The van der Waals surface area contributed by atoms with Crippen LogP contribution < -0.4 is 0 Å². The smallest absolute Gasteiger partial charge is 0.263 e. The number of hydrogen-bond donors (Lipinski definition) is 1. The van der Waals surface area contributed by atoms with E-state index in [0.29, 0.717) is 17.5 Å². The number of imide groups is 1. The number of carbonyl (C=O) groups excluding carboxylic acids is 2. The molecule has 2 rings (SSSR count). The fourth-order valence-corrected chi connectivity index (χ4v) is 1.99. The zero-order chi connectivity index (χ0) is 12.4. The third kappa shape index (κ3) is 1.96. The predicted octanol–water partition coefficient (Wildman–Crippen LogP) is 1.79. The van der Waals surface area contributed by atoms with Gasteiger partial charge in [-0.15, -0.1) is 0 Å². The average molecular weight is 233 g/mol. The topological polar surface area (TPSA) is 57.6 Å². The molecular formula is C13H15NO3. The molecule has 4 nitrogen and oxygen atoms in total. The number of fused-ring (bicyclic) bond motifs is 1. The normalized spacial score (nSPS) is 16.2. The summed E-state index contributed by atoms with van der Waals surface area (Å²) in [6, 6.07) is 6.65. The largest absolute Gasteiger partial charge is 0.373 e. The number of hydrogen-bond acceptors (Lipinski definition) is 3. The van der Waals surface area contributed by atoms with Crippen molar-refractivity contribution in [3.8, 4) is 0 Å². The van der Waals surface area contributed by atoms with Crippen LogP contribution in [0.4, 0.5) is 0 Å². The molecule has 0 bridgehead atoms. The summed E-state index contributed by atoms with van der Waals surface area (Å²) < 4.78 is 0. The van der Waals surface area contributed by atoms with Gasteiger partial charge in [0.1, 0.15) is 6.23 Å². The molecule has 1 N–H and O–H groups in total. The summed E-state index contributed by atoms with van der Waals surface area (Å²) in [4.78, 5) is 24.9. The number of nitrogens with zero attached hydrogens (tertiary/aromatic N) is 1. The molecule has 1 atom stereocenters. The van der Waals surface area contributed by atoms with Crippen LogP contribution in [0.3, 0.4) is 0 Å². The molecule has 0 saturated carbocycles. The first kappa shape index (κ1) is 11.8. The van der Waals surface area contributed by atoms with Crippen molar-refractivity contribution in [2.45, 2.75) is 32.4 Å². The first-order valence-corrected chi connectivity index (χ1v) is 5.81. The first-order chi connectivity index (χ1) is 8.16. The highest BCUT2D eigenvalue weighted by molar-refractivity contribution is 6.21. The number of benzene rings is 1. The summed E-state index contributed by atoms with van der Waals surface area (Å²) in [5.41, 5.74) is 0.765. The van der Waals surface area contributed by atoms with Crippen LogP contribution >= 0.6 is 0 Å². The SMILES string of the molecule is CCCCC(O)N1C(=O)c2ccccc2C1=O. The highest BCUT2D eigenvalue weighted by atomic mass is 16.3. The molecule has 90 valence electrons. The van der Waals surface area contributed by atoms with Crippen LogP contribution in [0.2, 0.25) is 0 Å². The lowest BCUT2D eigenvalue weighted by atomic mass is 10.1. The monoisotopic (exact) mass is 233 g/mol. The van der Waals surface area contributed by atoms with Crippen LogP contribution in [0.25, 0.3) is 0 Å².